The summed E-state index contributed by atoms with van der Waals surface area (Å²) in [6.45, 7) is 1.21. The van der Waals surface area contributed by atoms with Crippen LogP contribution in [0.1, 0.15) is 38.5 Å². The van der Waals surface area contributed by atoms with Gasteiger partial charge >= 0.3 is 5.97 Å². The minimum absolute atomic E-state index is 0.548. The van der Waals surface area contributed by atoms with Gasteiger partial charge in [-0.25, -0.2) is 0 Å². The average molecular weight is 230 g/mol. The Balaban J connectivity index is 2.00. The molecule has 2 aliphatic rings. The summed E-state index contributed by atoms with van der Waals surface area (Å²) in [7, 11) is 0. The summed E-state index contributed by atoms with van der Waals surface area (Å²) in [5.41, 5.74) is 0. The molecule has 0 spiro atoms. The number of hydrogen-bond acceptors (Lipinski definition) is 3. The topological polar surface area (TPSA) is 46.5 Å². The average Bonchev–Trinajstić information content (AvgIpc) is 2.71. The highest BCUT2D eigenvalue weighted by Crippen LogP contribution is 2.43. The quantitative estimate of drug-likeness (QED) is 0.808. The van der Waals surface area contributed by atoms with Crippen molar-refractivity contribution in [2.45, 2.75) is 48.5 Å². The summed E-state index contributed by atoms with van der Waals surface area (Å²) < 4.78 is 4.71. The Morgan fingerprint density at radius 2 is 1.87 bits per heavy atom. The van der Waals surface area contributed by atoms with Crippen LogP contribution in [0.3, 0.4) is 0 Å². The van der Waals surface area contributed by atoms with E-state index in [-0.39, 0.29) is 0 Å². The van der Waals surface area contributed by atoms with Crippen molar-refractivity contribution in [2.24, 2.45) is 0 Å². The number of aliphatic carboxylic acids is 1. The van der Waals surface area contributed by atoms with E-state index in [0.717, 1.165) is 0 Å². The first-order chi connectivity index (χ1) is 7.23. The molecule has 3 nitrogen and oxygen atoms in total. The third-order valence-corrected chi connectivity index (χ3v) is 5.22. The summed E-state index contributed by atoms with van der Waals surface area (Å²) in [4.78, 5) is 11.4. The van der Waals surface area contributed by atoms with Crippen molar-refractivity contribution in [3.8, 4) is 0 Å². The van der Waals surface area contributed by atoms with Gasteiger partial charge in [0.2, 0.25) is 0 Å². The van der Waals surface area contributed by atoms with Crippen molar-refractivity contribution < 1.29 is 14.6 Å². The molecule has 0 aromatic carbocycles. The number of thioether (sulfide) groups is 1. The highest BCUT2D eigenvalue weighted by Gasteiger charge is 2.43. The molecule has 0 radical (unpaired) electrons. The normalized spacial score (nSPS) is 26.7. The SMILES string of the molecule is O=C(O)C1(SC2CCCC2)CCOCC1. The molecule has 1 saturated heterocycles. The first-order valence-corrected chi connectivity index (χ1v) is 6.60. The summed E-state index contributed by atoms with van der Waals surface area (Å²) in [5.74, 6) is -0.636. The molecule has 86 valence electrons. The zero-order valence-corrected chi connectivity index (χ0v) is 9.72. The van der Waals surface area contributed by atoms with E-state index in [1.165, 1.54) is 25.7 Å². The van der Waals surface area contributed by atoms with Gasteiger partial charge in [0.15, 0.2) is 0 Å². The van der Waals surface area contributed by atoms with E-state index in [4.69, 9.17) is 4.74 Å². The Morgan fingerprint density at radius 3 is 2.40 bits per heavy atom. The van der Waals surface area contributed by atoms with Crippen molar-refractivity contribution in [2.75, 3.05) is 13.2 Å². The van der Waals surface area contributed by atoms with Crippen LogP contribution in [-0.4, -0.2) is 34.3 Å². The predicted molar refractivity (Wildman–Crippen MR) is 60.3 cm³/mol. The molecule has 2 fully saturated rings. The van der Waals surface area contributed by atoms with Gasteiger partial charge in [-0.2, -0.15) is 0 Å². The summed E-state index contributed by atoms with van der Waals surface area (Å²) >= 11 is 1.70. The highest BCUT2D eigenvalue weighted by molar-refractivity contribution is 8.02. The zero-order chi connectivity index (χ0) is 10.7. The molecule has 15 heavy (non-hydrogen) atoms. The van der Waals surface area contributed by atoms with Crippen molar-refractivity contribution in [3.63, 3.8) is 0 Å². The molecule has 1 heterocycles. The van der Waals surface area contributed by atoms with Crippen molar-refractivity contribution in [1.29, 1.82) is 0 Å². The lowest BCUT2D eigenvalue weighted by atomic mass is 9.99. The van der Waals surface area contributed by atoms with Gasteiger partial charge in [-0.05, 0) is 25.7 Å². The molecule has 1 saturated carbocycles. The van der Waals surface area contributed by atoms with E-state index in [2.05, 4.69) is 0 Å². The predicted octanol–water partition coefficient (Wildman–Crippen LogP) is 2.30. The lowest BCUT2D eigenvalue weighted by molar-refractivity contribution is -0.142. The number of rotatable bonds is 3. The van der Waals surface area contributed by atoms with Crippen LogP contribution in [0, 0.1) is 0 Å². The molecule has 0 aromatic heterocycles. The van der Waals surface area contributed by atoms with Gasteiger partial charge in [-0.3, -0.25) is 4.79 Å². The standard InChI is InChI=1S/C11H18O3S/c12-10(13)11(5-7-14-8-6-11)15-9-3-1-2-4-9/h9H,1-8H2,(H,12,13). The van der Waals surface area contributed by atoms with E-state index in [1.54, 1.807) is 11.8 Å². The van der Waals surface area contributed by atoms with Crippen molar-refractivity contribution >= 4 is 17.7 Å². The van der Waals surface area contributed by atoms with Crippen molar-refractivity contribution in [3.05, 3.63) is 0 Å². The second-order valence-electron chi connectivity index (χ2n) is 4.44. The Morgan fingerprint density at radius 1 is 1.27 bits per heavy atom. The maximum Gasteiger partial charge on any atom is 0.319 e. The fourth-order valence-electron chi connectivity index (χ4n) is 2.41. The maximum atomic E-state index is 11.4. The molecule has 2 rings (SSSR count). The van der Waals surface area contributed by atoms with E-state index in [0.29, 0.717) is 31.3 Å². The zero-order valence-electron chi connectivity index (χ0n) is 8.91. The second kappa shape index (κ2) is 4.74. The number of carbonyl (C=O) groups is 1. The molecule has 1 aliphatic heterocycles. The first kappa shape index (κ1) is 11.3. The lowest BCUT2D eigenvalue weighted by Crippen LogP contribution is -2.42. The maximum absolute atomic E-state index is 11.4. The van der Waals surface area contributed by atoms with Gasteiger partial charge < -0.3 is 9.84 Å². The van der Waals surface area contributed by atoms with E-state index < -0.39 is 10.7 Å². The van der Waals surface area contributed by atoms with Crippen LogP contribution in [0.2, 0.25) is 0 Å². The number of hydrogen-bond donors (Lipinski definition) is 1. The van der Waals surface area contributed by atoms with Crippen LogP contribution in [0.15, 0.2) is 0 Å². The monoisotopic (exact) mass is 230 g/mol. The molecular formula is C11H18O3S. The molecule has 0 unspecified atom stereocenters. The first-order valence-electron chi connectivity index (χ1n) is 5.72. The largest absolute Gasteiger partial charge is 0.480 e. The van der Waals surface area contributed by atoms with Crippen LogP contribution in [0.5, 0.6) is 0 Å². The summed E-state index contributed by atoms with van der Waals surface area (Å²) in [6.07, 6.45) is 6.27. The third-order valence-electron chi connectivity index (χ3n) is 3.38. The number of carboxylic acids is 1. The van der Waals surface area contributed by atoms with Crippen LogP contribution in [0.4, 0.5) is 0 Å². The number of carboxylic acid groups (broad SMARTS) is 1. The highest BCUT2D eigenvalue weighted by atomic mass is 32.2. The second-order valence-corrected chi connectivity index (χ2v) is 6.12. The Bertz CT molecular complexity index is 230. The Hall–Kier alpha value is -0.220. The van der Waals surface area contributed by atoms with Crippen molar-refractivity contribution in [1.82, 2.24) is 0 Å². The smallest absolute Gasteiger partial charge is 0.319 e. The molecule has 0 bridgehead atoms. The van der Waals surface area contributed by atoms with Gasteiger partial charge in [0.25, 0.3) is 0 Å². The Labute approximate surface area is 94.6 Å². The summed E-state index contributed by atoms with van der Waals surface area (Å²) in [6, 6.07) is 0. The molecule has 1 N–H and O–H groups in total. The number of ether oxygens (including phenoxy) is 1. The van der Waals surface area contributed by atoms with Crippen LogP contribution in [-0.2, 0) is 9.53 Å². The van der Waals surface area contributed by atoms with Crippen LogP contribution >= 0.6 is 11.8 Å². The minimum Gasteiger partial charge on any atom is -0.480 e. The van der Waals surface area contributed by atoms with E-state index in [9.17, 15) is 9.90 Å². The molecule has 0 amide bonds. The van der Waals surface area contributed by atoms with Gasteiger partial charge in [0.1, 0.15) is 4.75 Å². The van der Waals surface area contributed by atoms with E-state index in [1.807, 2.05) is 0 Å². The molecule has 4 heteroatoms. The lowest BCUT2D eigenvalue weighted by Gasteiger charge is -2.34. The minimum atomic E-state index is -0.636. The third kappa shape index (κ3) is 2.48. The van der Waals surface area contributed by atoms with E-state index >= 15 is 0 Å². The molecular weight excluding hydrogens is 212 g/mol. The Kier molecular flexibility index (Phi) is 3.57. The van der Waals surface area contributed by atoms with Crippen LogP contribution in [0.25, 0.3) is 0 Å². The molecule has 0 atom stereocenters. The van der Waals surface area contributed by atoms with Gasteiger partial charge in [-0.1, -0.05) is 12.8 Å². The summed E-state index contributed by atoms with van der Waals surface area (Å²) in [5, 5.41) is 9.94. The van der Waals surface area contributed by atoms with Gasteiger partial charge in [0, 0.05) is 18.5 Å². The fraction of sp³-hybridized carbons (Fsp3) is 0.909. The van der Waals surface area contributed by atoms with Gasteiger partial charge in [-0.15, -0.1) is 11.8 Å². The molecule has 1 aliphatic carbocycles. The van der Waals surface area contributed by atoms with Crippen LogP contribution < -0.4 is 0 Å². The van der Waals surface area contributed by atoms with Gasteiger partial charge in [0.05, 0.1) is 0 Å². The fourth-order valence-corrected chi connectivity index (χ4v) is 4.12. The molecule has 0 aromatic rings.